The number of nitrogens with one attached hydrogen (secondary N) is 1. The first-order chi connectivity index (χ1) is 10.9. The van der Waals surface area contributed by atoms with Crippen LogP contribution in [0, 0.1) is 13.8 Å². The van der Waals surface area contributed by atoms with Crippen molar-refractivity contribution in [3.63, 3.8) is 0 Å². The molecule has 0 saturated carbocycles. The van der Waals surface area contributed by atoms with Crippen molar-refractivity contribution in [2.75, 3.05) is 4.72 Å². The van der Waals surface area contributed by atoms with Crippen molar-refractivity contribution in [3.8, 4) is 0 Å². The lowest BCUT2D eigenvalue weighted by Crippen LogP contribution is -2.17. The van der Waals surface area contributed by atoms with Gasteiger partial charge in [-0.15, -0.1) is 0 Å². The molecule has 0 saturated heterocycles. The molecule has 3 N–H and O–H groups in total. The molecule has 2 aromatic rings. The van der Waals surface area contributed by atoms with Gasteiger partial charge >= 0.3 is 0 Å². The zero-order valence-electron chi connectivity index (χ0n) is 12.7. The van der Waals surface area contributed by atoms with Crippen LogP contribution in [0.2, 0.25) is 10.0 Å². The van der Waals surface area contributed by atoms with Crippen molar-refractivity contribution < 1.29 is 16.8 Å². The molecule has 0 aliphatic carbocycles. The van der Waals surface area contributed by atoms with Gasteiger partial charge in [0.1, 0.15) is 0 Å². The first-order valence-electron chi connectivity index (χ1n) is 6.53. The Hall–Kier alpha value is -1.32. The van der Waals surface area contributed by atoms with Crippen LogP contribution >= 0.6 is 23.2 Å². The number of rotatable bonds is 4. The number of benzene rings is 2. The van der Waals surface area contributed by atoms with E-state index in [0.717, 1.165) is 0 Å². The fourth-order valence-electron chi connectivity index (χ4n) is 1.98. The van der Waals surface area contributed by atoms with Gasteiger partial charge in [0.05, 0.1) is 15.5 Å². The fourth-order valence-corrected chi connectivity index (χ4v) is 4.45. The molecule has 24 heavy (non-hydrogen) atoms. The minimum absolute atomic E-state index is 0.107. The maximum absolute atomic E-state index is 12.5. The minimum atomic E-state index is -4.01. The summed E-state index contributed by atoms with van der Waals surface area (Å²) in [5.41, 5.74) is 1.25. The van der Waals surface area contributed by atoms with E-state index in [4.69, 9.17) is 28.3 Å². The smallest absolute Gasteiger partial charge is 0.262 e. The largest absolute Gasteiger partial charge is 0.279 e. The Labute approximate surface area is 150 Å². The molecule has 0 unspecified atom stereocenters. The lowest BCUT2D eigenvalue weighted by molar-refractivity contribution is 0.596. The number of nitrogens with two attached hydrogens (primary N) is 1. The first-order valence-corrected chi connectivity index (χ1v) is 10.3. The summed E-state index contributed by atoms with van der Waals surface area (Å²) >= 11 is 11.7. The topological polar surface area (TPSA) is 106 Å². The highest BCUT2D eigenvalue weighted by Crippen LogP contribution is 2.28. The van der Waals surface area contributed by atoms with Crippen molar-refractivity contribution in [1.82, 2.24) is 0 Å². The maximum atomic E-state index is 12.5. The summed E-state index contributed by atoms with van der Waals surface area (Å²) in [5, 5.41) is 5.44. The van der Waals surface area contributed by atoms with Gasteiger partial charge in [-0.05, 0) is 55.3 Å². The molecule has 0 atom stereocenters. The van der Waals surface area contributed by atoms with Gasteiger partial charge in [0, 0.05) is 10.0 Å². The van der Waals surface area contributed by atoms with E-state index in [2.05, 4.69) is 4.72 Å². The molecule has 0 aromatic heterocycles. The number of aryl methyl sites for hydroxylation is 1. The summed E-state index contributed by atoms with van der Waals surface area (Å²) < 4.78 is 50.5. The van der Waals surface area contributed by atoms with Gasteiger partial charge in [0.15, 0.2) is 0 Å². The molecule has 0 bridgehead atoms. The van der Waals surface area contributed by atoms with Crippen molar-refractivity contribution in [3.05, 3.63) is 51.5 Å². The maximum Gasteiger partial charge on any atom is 0.262 e. The molecule has 6 nitrogen and oxygen atoms in total. The van der Waals surface area contributed by atoms with Crippen LogP contribution in [0.3, 0.4) is 0 Å². The second-order valence-electron chi connectivity index (χ2n) is 5.17. The Morgan fingerprint density at radius 3 is 1.92 bits per heavy atom. The molecule has 130 valence electrons. The molecule has 0 heterocycles. The molecule has 0 aliphatic heterocycles. The van der Waals surface area contributed by atoms with E-state index in [1.54, 1.807) is 13.8 Å². The summed E-state index contributed by atoms with van der Waals surface area (Å²) in [5.74, 6) is 0. The van der Waals surface area contributed by atoms with Crippen LogP contribution < -0.4 is 9.86 Å². The molecule has 0 radical (unpaired) electrons. The molecule has 0 aliphatic rings. The Kier molecular flexibility index (Phi) is 5.17. The van der Waals surface area contributed by atoms with E-state index < -0.39 is 20.0 Å². The molecule has 2 rings (SSSR count). The second kappa shape index (κ2) is 6.53. The Morgan fingerprint density at radius 2 is 1.42 bits per heavy atom. The van der Waals surface area contributed by atoms with Crippen LogP contribution in [0.4, 0.5) is 5.69 Å². The molecule has 0 amide bonds. The molecule has 2 aromatic carbocycles. The third-order valence-electron chi connectivity index (χ3n) is 3.36. The van der Waals surface area contributed by atoms with Gasteiger partial charge in [-0.2, -0.15) is 0 Å². The minimum Gasteiger partial charge on any atom is -0.279 e. The third-order valence-corrected chi connectivity index (χ3v) is 6.03. The van der Waals surface area contributed by atoms with E-state index in [1.165, 1.54) is 30.3 Å². The number of anilines is 1. The molecule has 10 heteroatoms. The average Bonchev–Trinajstić information content (AvgIpc) is 2.41. The molecule has 0 spiro atoms. The van der Waals surface area contributed by atoms with Gasteiger partial charge in [0.25, 0.3) is 10.0 Å². The van der Waals surface area contributed by atoms with E-state index >= 15 is 0 Å². The highest BCUT2D eigenvalue weighted by molar-refractivity contribution is 7.92. The number of hydrogen-bond donors (Lipinski definition) is 2. The highest BCUT2D eigenvalue weighted by atomic mass is 35.5. The number of hydrogen-bond acceptors (Lipinski definition) is 4. The first kappa shape index (κ1) is 19.0. The number of sulfonamides is 2. The van der Waals surface area contributed by atoms with Gasteiger partial charge in [-0.3, -0.25) is 4.72 Å². The second-order valence-corrected chi connectivity index (χ2v) is 9.29. The number of primary sulfonamides is 1. The Balaban J connectivity index is 2.56. The van der Waals surface area contributed by atoms with Crippen LogP contribution in [-0.2, 0) is 20.0 Å². The Bertz CT molecular complexity index is 999. The van der Waals surface area contributed by atoms with Crippen LogP contribution in [0.15, 0.2) is 40.1 Å². The van der Waals surface area contributed by atoms with Crippen molar-refractivity contribution in [2.24, 2.45) is 5.14 Å². The third kappa shape index (κ3) is 4.20. The van der Waals surface area contributed by atoms with E-state index in [9.17, 15) is 16.8 Å². The summed E-state index contributed by atoms with van der Waals surface area (Å²) in [7, 11) is -7.99. The van der Waals surface area contributed by atoms with Crippen molar-refractivity contribution in [2.45, 2.75) is 23.6 Å². The lowest BCUT2D eigenvalue weighted by atomic mass is 10.1. The van der Waals surface area contributed by atoms with Crippen molar-refractivity contribution >= 4 is 48.9 Å². The fraction of sp³-hybridized carbons (Fsp3) is 0.143. The summed E-state index contributed by atoms with van der Waals surface area (Å²) in [6.07, 6.45) is 0. The molecular formula is C14H14Cl2N2O4S2. The van der Waals surface area contributed by atoms with Crippen LogP contribution in [0.25, 0.3) is 0 Å². The molecular weight excluding hydrogens is 395 g/mol. The lowest BCUT2D eigenvalue weighted by Gasteiger charge is -2.14. The zero-order chi connectivity index (χ0) is 18.3. The van der Waals surface area contributed by atoms with Gasteiger partial charge < -0.3 is 0 Å². The highest BCUT2D eigenvalue weighted by Gasteiger charge is 2.19. The Morgan fingerprint density at radius 1 is 0.875 bits per heavy atom. The quantitative estimate of drug-likeness (QED) is 0.809. The SMILES string of the molecule is Cc1cc(S(N)(=O)=O)cc(NS(=O)(=O)c2cc(Cl)cc(Cl)c2)c1C. The zero-order valence-corrected chi connectivity index (χ0v) is 15.8. The predicted octanol–water partition coefficient (Wildman–Crippen LogP) is 3.06. The summed E-state index contributed by atoms with van der Waals surface area (Å²) in [6, 6.07) is 6.42. The van der Waals surface area contributed by atoms with E-state index in [1.807, 2.05) is 0 Å². The summed E-state index contributed by atoms with van der Waals surface area (Å²) in [4.78, 5) is -0.328. The van der Waals surface area contributed by atoms with Gasteiger partial charge in [-0.1, -0.05) is 23.2 Å². The number of halogens is 2. The van der Waals surface area contributed by atoms with Crippen LogP contribution in [0.1, 0.15) is 11.1 Å². The molecule has 0 fully saturated rings. The van der Waals surface area contributed by atoms with E-state index in [0.29, 0.717) is 11.1 Å². The van der Waals surface area contributed by atoms with Crippen LogP contribution in [-0.4, -0.2) is 16.8 Å². The van der Waals surface area contributed by atoms with Gasteiger partial charge in [-0.25, -0.2) is 22.0 Å². The van der Waals surface area contributed by atoms with E-state index in [-0.39, 0.29) is 25.5 Å². The van der Waals surface area contributed by atoms with Crippen LogP contribution in [0.5, 0.6) is 0 Å². The van der Waals surface area contributed by atoms with Crippen molar-refractivity contribution in [1.29, 1.82) is 0 Å². The monoisotopic (exact) mass is 408 g/mol. The average molecular weight is 409 g/mol. The normalized spacial score (nSPS) is 12.2. The predicted molar refractivity (Wildman–Crippen MR) is 94.6 cm³/mol. The summed E-state index contributed by atoms with van der Waals surface area (Å²) in [6.45, 7) is 3.31. The standard InChI is InChI=1S/C14H14Cl2N2O4S2/c1-8-3-12(23(17,19)20)7-14(9(8)2)18-24(21,22)13-5-10(15)4-11(16)6-13/h3-7,18H,1-2H3,(H2,17,19,20). The van der Waals surface area contributed by atoms with Gasteiger partial charge in [0.2, 0.25) is 10.0 Å².